The van der Waals surface area contributed by atoms with Gasteiger partial charge in [-0.15, -0.1) is 24.0 Å². The van der Waals surface area contributed by atoms with Crippen LogP contribution in [0.3, 0.4) is 0 Å². The summed E-state index contributed by atoms with van der Waals surface area (Å²) < 4.78 is 5.52. The van der Waals surface area contributed by atoms with Crippen LogP contribution in [0.2, 0.25) is 0 Å². The second-order valence-electron chi connectivity index (χ2n) is 5.73. The molecule has 0 saturated carbocycles. The summed E-state index contributed by atoms with van der Waals surface area (Å²) in [4.78, 5) is 4.40. The Labute approximate surface area is 160 Å². The number of halogens is 1. The minimum absolute atomic E-state index is 0. The summed E-state index contributed by atoms with van der Waals surface area (Å²) in [5, 5.41) is 3.13. The summed E-state index contributed by atoms with van der Waals surface area (Å²) in [6.07, 6.45) is 2.92. The Balaban J connectivity index is 0.00000208. The number of hydrogen-bond acceptors (Lipinski definition) is 2. The Bertz CT molecular complexity index is 698. The maximum absolute atomic E-state index is 5.95. The van der Waals surface area contributed by atoms with Crippen LogP contribution in [0, 0.1) is 0 Å². The number of rotatable bonds is 5. The van der Waals surface area contributed by atoms with Crippen LogP contribution < -0.4 is 15.8 Å². The summed E-state index contributed by atoms with van der Waals surface area (Å²) >= 11 is 0. The molecule has 3 N–H and O–H groups in total. The zero-order chi connectivity index (χ0) is 16.1. The second-order valence-corrected chi connectivity index (χ2v) is 5.73. The molecule has 24 heavy (non-hydrogen) atoms. The Morgan fingerprint density at radius 2 is 1.92 bits per heavy atom. The molecule has 0 radical (unpaired) electrons. The van der Waals surface area contributed by atoms with Gasteiger partial charge in [0.2, 0.25) is 0 Å². The summed E-state index contributed by atoms with van der Waals surface area (Å²) in [6, 6.07) is 14.6. The number of guanidine groups is 1. The van der Waals surface area contributed by atoms with Gasteiger partial charge >= 0.3 is 0 Å². The molecule has 0 fully saturated rings. The van der Waals surface area contributed by atoms with Crippen molar-refractivity contribution in [3.63, 3.8) is 0 Å². The van der Waals surface area contributed by atoms with Crippen molar-refractivity contribution in [3.05, 3.63) is 59.2 Å². The largest absolute Gasteiger partial charge is 0.493 e. The van der Waals surface area contributed by atoms with Crippen LogP contribution in [0.5, 0.6) is 5.75 Å². The monoisotopic (exact) mass is 437 g/mol. The van der Waals surface area contributed by atoms with E-state index in [2.05, 4.69) is 47.6 Å². The average Bonchev–Trinajstić information content (AvgIpc) is 3.03. The van der Waals surface area contributed by atoms with Crippen LogP contribution in [-0.4, -0.2) is 19.1 Å². The molecular formula is C19H24IN3O. The van der Waals surface area contributed by atoms with Gasteiger partial charge in [-0.25, -0.2) is 0 Å². The maximum Gasteiger partial charge on any atom is 0.193 e. The molecule has 4 nitrogen and oxygen atoms in total. The smallest absolute Gasteiger partial charge is 0.193 e. The third kappa shape index (κ3) is 4.87. The summed E-state index contributed by atoms with van der Waals surface area (Å²) in [5.41, 5.74) is 10.8. The average molecular weight is 437 g/mol. The Hall–Kier alpha value is -1.76. The predicted molar refractivity (Wildman–Crippen MR) is 111 cm³/mol. The van der Waals surface area contributed by atoms with Crippen LogP contribution in [0.4, 0.5) is 5.69 Å². The molecule has 3 rings (SSSR count). The van der Waals surface area contributed by atoms with E-state index in [4.69, 9.17) is 10.5 Å². The highest BCUT2D eigenvalue weighted by Gasteiger charge is 2.11. The van der Waals surface area contributed by atoms with Crippen molar-refractivity contribution in [1.82, 2.24) is 0 Å². The lowest BCUT2D eigenvalue weighted by Crippen LogP contribution is -2.23. The maximum atomic E-state index is 5.95. The van der Waals surface area contributed by atoms with E-state index >= 15 is 0 Å². The number of nitrogens with two attached hydrogens (primary N) is 1. The molecular weight excluding hydrogens is 413 g/mol. The highest BCUT2D eigenvalue weighted by atomic mass is 127. The molecule has 0 bridgehead atoms. The fourth-order valence-corrected chi connectivity index (χ4v) is 2.71. The molecule has 0 atom stereocenters. The highest BCUT2D eigenvalue weighted by molar-refractivity contribution is 14.0. The second kappa shape index (κ2) is 8.92. The number of benzene rings is 2. The number of ether oxygens (including phenoxy) is 1. The van der Waals surface area contributed by atoms with Gasteiger partial charge in [0.15, 0.2) is 5.96 Å². The number of anilines is 1. The molecule has 0 aliphatic carbocycles. The molecule has 2 aromatic carbocycles. The van der Waals surface area contributed by atoms with Gasteiger partial charge in [-0.1, -0.05) is 31.2 Å². The van der Waals surface area contributed by atoms with Crippen LogP contribution in [0.15, 0.2) is 47.5 Å². The summed E-state index contributed by atoms with van der Waals surface area (Å²) in [5.74, 6) is 1.48. The third-order valence-electron chi connectivity index (χ3n) is 4.07. The van der Waals surface area contributed by atoms with Crippen LogP contribution in [-0.2, 0) is 19.3 Å². The van der Waals surface area contributed by atoms with E-state index in [0.717, 1.165) is 37.3 Å². The minimum Gasteiger partial charge on any atom is -0.493 e. The first kappa shape index (κ1) is 18.6. The van der Waals surface area contributed by atoms with Crippen molar-refractivity contribution >= 4 is 35.6 Å². The first-order valence-corrected chi connectivity index (χ1v) is 8.15. The molecule has 0 aromatic heterocycles. The van der Waals surface area contributed by atoms with E-state index in [0.29, 0.717) is 12.5 Å². The molecule has 5 heteroatoms. The Morgan fingerprint density at radius 1 is 1.17 bits per heavy atom. The molecule has 128 valence electrons. The minimum atomic E-state index is 0. The van der Waals surface area contributed by atoms with E-state index in [1.807, 2.05) is 12.1 Å². The van der Waals surface area contributed by atoms with Crippen LogP contribution >= 0.6 is 24.0 Å². The zero-order valence-electron chi connectivity index (χ0n) is 13.9. The van der Waals surface area contributed by atoms with Crippen molar-refractivity contribution in [1.29, 1.82) is 0 Å². The van der Waals surface area contributed by atoms with Crippen molar-refractivity contribution in [2.24, 2.45) is 10.7 Å². The molecule has 2 aromatic rings. The van der Waals surface area contributed by atoms with Gasteiger partial charge in [0.05, 0.1) is 6.61 Å². The van der Waals surface area contributed by atoms with E-state index in [1.54, 1.807) is 0 Å². The van der Waals surface area contributed by atoms with Gasteiger partial charge < -0.3 is 15.8 Å². The van der Waals surface area contributed by atoms with E-state index in [1.165, 1.54) is 16.7 Å². The lowest BCUT2D eigenvalue weighted by atomic mass is 10.1. The highest BCUT2D eigenvalue weighted by Crippen LogP contribution is 2.25. The Morgan fingerprint density at radius 3 is 2.67 bits per heavy atom. The van der Waals surface area contributed by atoms with Gasteiger partial charge in [0, 0.05) is 18.7 Å². The van der Waals surface area contributed by atoms with Crippen molar-refractivity contribution in [3.8, 4) is 5.75 Å². The molecule has 1 aliphatic rings. The standard InChI is InChI=1S/C19H23N3O.HI/c1-2-14-3-6-17(7-4-14)22-19(20)21-11-9-15-5-8-18-16(13-15)10-12-23-18;/h3-8,13H,2,9-12H2,1H3,(H3,20,21,22);1H. The van der Waals surface area contributed by atoms with Gasteiger partial charge in [0.1, 0.15) is 5.75 Å². The van der Waals surface area contributed by atoms with Crippen LogP contribution in [0.1, 0.15) is 23.6 Å². The predicted octanol–water partition coefficient (Wildman–Crippen LogP) is 3.77. The first-order chi connectivity index (χ1) is 11.2. The number of hydrogen-bond donors (Lipinski definition) is 2. The van der Waals surface area contributed by atoms with Crippen molar-refractivity contribution in [2.45, 2.75) is 26.2 Å². The van der Waals surface area contributed by atoms with Crippen molar-refractivity contribution < 1.29 is 4.74 Å². The van der Waals surface area contributed by atoms with Gasteiger partial charge in [-0.3, -0.25) is 4.99 Å². The lowest BCUT2D eigenvalue weighted by Gasteiger charge is -2.07. The van der Waals surface area contributed by atoms with Crippen molar-refractivity contribution in [2.75, 3.05) is 18.5 Å². The molecule has 1 aliphatic heterocycles. The fourth-order valence-electron chi connectivity index (χ4n) is 2.71. The fraction of sp³-hybridized carbons (Fsp3) is 0.316. The number of aryl methyl sites for hydroxylation is 1. The number of aliphatic imine (C=N–C) groups is 1. The normalized spacial score (nSPS) is 13.0. The van der Waals surface area contributed by atoms with E-state index in [-0.39, 0.29) is 24.0 Å². The van der Waals surface area contributed by atoms with E-state index in [9.17, 15) is 0 Å². The molecule has 0 spiro atoms. The third-order valence-corrected chi connectivity index (χ3v) is 4.07. The zero-order valence-corrected chi connectivity index (χ0v) is 16.2. The number of nitrogens with one attached hydrogen (secondary N) is 1. The quantitative estimate of drug-likeness (QED) is 0.426. The van der Waals surface area contributed by atoms with Gasteiger partial charge in [-0.2, -0.15) is 0 Å². The van der Waals surface area contributed by atoms with Gasteiger partial charge in [-0.05, 0) is 47.7 Å². The molecule has 0 amide bonds. The summed E-state index contributed by atoms with van der Waals surface area (Å²) in [7, 11) is 0. The number of nitrogens with zero attached hydrogens (tertiary/aromatic N) is 1. The topological polar surface area (TPSA) is 59.6 Å². The summed E-state index contributed by atoms with van der Waals surface area (Å²) in [6.45, 7) is 3.61. The van der Waals surface area contributed by atoms with Crippen LogP contribution in [0.25, 0.3) is 0 Å². The molecule has 0 unspecified atom stereocenters. The van der Waals surface area contributed by atoms with E-state index < -0.39 is 0 Å². The SMILES string of the molecule is CCc1ccc(NC(N)=NCCc2ccc3c(c2)CCO3)cc1.I. The van der Waals surface area contributed by atoms with Gasteiger partial charge in [0.25, 0.3) is 0 Å². The Kier molecular flexibility index (Phi) is 6.90. The molecule has 1 heterocycles. The lowest BCUT2D eigenvalue weighted by molar-refractivity contribution is 0.357. The molecule has 0 saturated heterocycles. The number of fused-ring (bicyclic) bond motifs is 1. The first-order valence-electron chi connectivity index (χ1n) is 8.15.